The molecule has 1 aliphatic rings. The summed E-state index contributed by atoms with van der Waals surface area (Å²) in [5.74, 6) is 2.35. The maximum Gasteiger partial charge on any atom is 0.410 e. The molecule has 1 heterocycles. The molecule has 0 saturated carbocycles. The maximum absolute atomic E-state index is 12.2. The lowest BCUT2D eigenvalue weighted by Gasteiger charge is -2.31. The standard InChI is InChI=1S/C24H29NO4/c1-24(2,3)29-23(26)25-14-12-18(13-15-25)16-19-6-5-7-22(17-19)28-21-10-8-20(27-4)9-11-21/h5-11,16-17H,12-15H2,1-4H3. The Hall–Kier alpha value is -2.95. The predicted octanol–water partition coefficient (Wildman–Crippen LogP) is 5.90. The lowest BCUT2D eigenvalue weighted by atomic mass is 10.0. The number of ether oxygens (including phenoxy) is 3. The van der Waals surface area contributed by atoms with Crippen LogP contribution < -0.4 is 9.47 Å². The first-order valence-corrected chi connectivity index (χ1v) is 9.92. The number of piperidine rings is 1. The number of carbonyl (C=O) groups excluding carboxylic acids is 1. The molecule has 3 rings (SSSR count). The van der Waals surface area contributed by atoms with Crippen LogP contribution in [-0.4, -0.2) is 36.8 Å². The van der Waals surface area contributed by atoms with Gasteiger partial charge in [-0.3, -0.25) is 0 Å². The van der Waals surface area contributed by atoms with E-state index >= 15 is 0 Å². The van der Waals surface area contributed by atoms with Crippen LogP contribution in [0, 0.1) is 0 Å². The number of amides is 1. The number of carbonyl (C=O) groups is 1. The molecule has 2 aromatic carbocycles. The SMILES string of the molecule is COc1ccc(Oc2cccc(C=C3CCN(C(=O)OC(C)(C)C)CC3)c2)cc1. The Morgan fingerprint density at radius 3 is 2.24 bits per heavy atom. The Labute approximate surface area is 172 Å². The molecule has 1 fully saturated rings. The number of hydrogen-bond donors (Lipinski definition) is 0. The zero-order chi connectivity index (χ0) is 20.9. The first kappa shape index (κ1) is 20.8. The van der Waals surface area contributed by atoms with Gasteiger partial charge in [-0.2, -0.15) is 0 Å². The predicted molar refractivity (Wildman–Crippen MR) is 115 cm³/mol. The third-order valence-electron chi connectivity index (χ3n) is 4.58. The van der Waals surface area contributed by atoms with Crippen molar-refractivity contribution in [3.8, 4) is 17.2 Å². The summed E-state index contributed by atoms with van der Waals surface area (Å²) in [5, 5.41) is 0. The van der Waals surface area contributed by atoms with Gasteiger partial charge in [0.1, 0.15) is 22.8 Å². The van der Waals surface area contributed by atoms with Gasteiger partial charge in [0.15, 0.2) is 0 Å². The van der Waals surface area contributed by atoms with Crippen LogP contribution in [0.3, 0.4) is 0 Å². The van der Waals surface area contributed by atoms with Gasteiger partial charge in [-0.05, 0) is 75.6 Å². The molecular formula is C24H29NO4. The minimum atomic E-state index is -0.461. The van der Waals surface area contributed by atoms with Gasteiger partial charge < -0.3 is 19.1 Å². The van der Waals surface area contributed by atoms with Crippen molar-refractivity contribution in [2.24, 2.45) is 0 Å². The number of nitrogens with zero attached hydrogens (tertiary/aromatic N) is 1. The molecular weight excluding hydrogens is 366 g/mol. The molecule has 154 valence electrons. The van der Waals surface area contributed by atoms with E-state index in [0.29, 0.717) is 13.1 Å². The highest BCUT2D eigenvalue weighted by Crippen LogP contribution is 2.26. The van der Waals surface area contributed by atoms with Crippen LogP contribution in [0.2, 0.25) is 0 Å². The summed E-state index contributed by atoms with van der Waals surface area (Å²) >= 11 is 0. The third kappa shape index (κ3) is 6.28. The van der Waals surface area contributed by atoms with Crippen LogP contribution in [0.25, 0.3) is 6.08 Å². The second-order valence-electron chi connectivity index (χ2n) is 8.12. The summed E-state index contributed by atoms with van der Waals surface area (Å²) in [4.78, 5) is 14.0. The largest absolute Gasteiger partial charge is 0.497 e. The van der Waals surface area contributed by atoms with E-state index in [9.17, 15) is 4.79 Å². The third-order valence-corrected chi connectivity index (χ3v) is 4.58. The Morgan fingerprint density at radius 2 is 1.62 bits per heavy atom. The summed E-state index contributed by atoms with van der Waals surface area (Å²) < 4.78 is 16.6. The van der Waals surface area contributed by atoms with E-state index in [0.717, 1.165) is 35.7 Å². The molecule has 1 amide bonds. The fraction of sp³-hybridized carbons (Fsp3) is 0.375. The normalized spacial score (nSPS) is 14.3. The molecule has 1 saturated heterocycles. The summed E-state index contributed by atoms with van der Waals surface area (Å²) in [6, 6.07) is 15.5. The van der Waals surface area contributed by atoms with Crippen molar-refractivity contribution in [2.45, 2.75) is 39.2 Å². The molecule has 0 bridgehead atoms. The highest BCUT2D eigenvalue weighted by atomic mass is 16.6. The molecule has 0 aliphatic carbocycles. The Balaban J connectivity index is 1.60. The zero-order valence-corrected chi connectivity index (χ0v) is 17.6. The van der Waals surface area contributed by atoms with Gasteiger partial charge in [0, 0.05) is 13.1 Å². The van der Waals surface area contributed by atoms with Crippen molar-refractivity contribution in [3.63, 3.8) is 0 Å². The summed E-state index contributed by atoms with van der Waals surface area (Å²) in [6.45, 7) is 7.04. The van der Waals surface area contributed by atoms with E-state index in [1.165, 1.54) is 5.57 Å². The molecule has 0 unspecified atom stereocenters. The zero-order valence-electron chi connectivity index (χ0n) is 17.6. The van der Waals surface area contributed by atoms with Crippen LogP contribution >= 0.6 is 0 Å². The van der Waals surface area contributed by atoms with Crippen molar-refractivity contribution in [1.82, 2.24) is 4.90 Å². The van der Waals surface area contributed by atoms with E-state index in [1.54, 1.807) is 12.0 Å². The average Bonchev–Trinajstić information content (AvgIpc) is 2.68. The quantitative estimate of drug-likeness (QED) is 0.646. The van der Waals surface area contributed by atoms with Crippen molar-refractivity contribution in [3.05, 3.63) is 59.7 Å². The molecule has 0 N–H and O–H groups in total. The second kappa shape index (κ2) is 9.03. The Morgan fingerprint density at radius 1 is 0.966 bits per heavy atom. The summed E-state index contributed by atoms with van der Waals surface area (Å²) in [7, 11) is 1.64. The van der Waals surface area contributed by atoms with Crippen molar-refractivity contribution < 1.29 is 19.0 Å². The monoisotopic (exact) mass is 395 g/mol. The van der Waals surface area contributed by atoms with Crippen LogP contribution in [0.15, 0.2) is 54.1 Å². The Bertz CT molecular complexity index is 855. The van der Waals surface area contributed by atoms with Gasteiger partial charge in [-0.1, -0.05) is 23.8 Å². The Kier molecular flexibility index (Phi) is 6.47. The van der Waals surface area contributed by atoms with E-state index in [1.807, 2.05) is 63.2 Å². The lowest BCUT2D eigenvalue weighted by Crippen LogP contribution is -2.40. The number of benzene rings is 2. The average molecular weight is 395 g/mol. The summed E-state index contributed by atoms with van der Waals surface area (Å²) in [6.07, 6.45) is 3.66. The molecule has 0 spiro atoms. The van der Waals surface area contributed by atoms with Gasteiger partial charge in [0.05, 0.1) is 7.11 Å². The van der Waals surface area contributed by atoms with Gasteiger partial charge in [0.25, 0.3) is 0 Å². The molecule has 2 aromatic rings. The van der Waals surface area contributed by atoms with Gasteiger partial charge in [0.2, 0.25) is 0 Å². The molecule has 29 heavy (non-hydrogen) atoms. The molecule has 0 radical (unpaired) electrons. The van der Waals surface area contributed by atoms with E-state index in [4.69, 9.17) is 14.2 Å². The first-order chi connectivity index (χ1) is 13.8. The topological polar surface area (TPSA) is 48.0 Å². The number of hydrogen-bond acceptors (Lipinski definition) is 4. The first-order valence-electron chi connectivity index (χ1n) is 9.92. The fourth-order valence-corrected chi connectivity index (χ4v) is 3.13. The van der Waals surface area contributed by atoms with E-state index in [2.05, 4.69) is 12.1 Å². The number of methoxy groups -OCH3 is 1. The van der Waals surface area contributed by atoms with Crippen LogP contribution in [0.4, 0.5) is 4.79 Å². The number of likely N-dealkylation sites (tertiary alicyclic amines) is 1. The molecule has 1 aliphatic heterocycles. The van der Waals surface area contributed by atoms with Crippen LogP contribution in [0.1, 0.15) is 39.2 Å². The highest BCUT2D eigenvalue weighted by molar-refractivity contribution is 5.68. The molecule has 5 nitrogen and oxygen atoms in total. The smallest absolute Gasteiger partial charge is 0.410 e. The maximum atomic E-state index is 12.2. The van der Waals surface area contributed by atoms with Crippen LogP contribution in [0.5, 0.6) is 17.2 Å². The minimum absolute atomic E-state index is 0.230. The fourth-order valence-electron chi connectivity index (χ4n) is 3.13. The van der Waals surface area contributed by atoms with Gasteiger partial charge >= 0.3 is 6.09 Å². The minimum Gasteiger partial charge on any atom is -0.497 e. The molecule has 0 aromatic heterocycles. The summed E-state index contributed by atoms with van der Waals surface area (Å²) in [5.41, 5.74) is 1.96. The second-order valence-corrected chi connectivity index (χ2v) is 8.12. The van der Waals surface area contributed by atoms with Crippen molar-refractivity contribution in [2.75, 3.05) is 20.2 Å². The molecule has 5 heteroatoms. The number of rotatable bonds is 4. The van der Waals surface area contributed by atoms with Gasteiger partial charge in [-0.15, -0.1) is 0 Å². The van der Waals surface area contributed by atoms with E-state index < -0.39 is 5.60 Å². The highest BCUT2D eigenvalue weighted by Gasteiger charge is 2.24. The van der Waals surface area contributed by atoms with Crippen LogP contribution in [-0.2, 0) is 4.74 Å². The van der Waals surface area contributed by atoms with Crippen molar-refractivity contribution >= 4 is 12.2 Å². The van der Waals surface area contributed by atoms with Crippen molar-refractivity contribution in [1.29, 1.82) is 0 Å². The van der Waals surface area contributed by atoms with Gasteiger partial charge in [-0.25, -0.2) is 4.79 Å². The molecule has 0 atom stereocenters. The lowest BCUT2D eigenvalue weighted by molar-refractivity contribution is 0.0237. The van der Waals surface area contributed by atoms with E-state index in [-0.39, 0.29) is 6.09 Å².